The lowest BCUT2D eigenvalue weighted by Gasteiger charge is -2.20. The number of hydrogen-bond acceptors (Lipinski definition) is 1. The number of hydrogen-bond donors (Lipinski definition) is 0. The maximum Gasteiger partial charge on any atom is 0.131 e. The van der Waals surface area contributed by atoms with Crippen molar-refractivity contribution < 1.29 is 4.39 Å². The Morgan fingerprint density at radius 2 is 1.73 bits per heavy atom. The zero-order chi connectivity index (χ0) is 16.1. The van der Waals surface area contributed by atoms with E-state index in [9.17, 15) is 4.39 Å². The van der Waals surface area contributed by atoms with Crippen LogP contribution in [0.1, 0.15) is 33.4 Å². The van der Waals surface area contributed by atoms with Crippen molar-refractivity contribution in [1.29, 1.82) is 0 Å². The first-order chi connectivity index (χ1) is 10.5. The first-order valence-corrected chi connectivity index (χ1v) is 7.88. The van der Waals surface area contributed by atoms with Gasteiger partial charge in [0.25, 0.3) is 0 Å². The molecule has 1 heterocycles. The normalized spacial score (nSPS) is 14.5. The third-order valence-corrected chi connectivity index (χ3v) is 4.42. The fourth-order valence-electron chi connectivity index (χ4n) is 2.39. The van der Waals surface area contributed by atoms with Gasteiger partial charge in [-0.2, -0.15) is 0 Å². The van der Waals surface area contributed by atoms with Crippen LogP contribution in [0, 0.1) is 23.6 Å². The topological polar surface area (TPSA) is 12.9 Å². The van der Waals surface area contributed by atoms with Crippen LogP contribution in [-0.2, 0) is 0 Å². The Kier molecular flexibility index (Phi) is 5.48. The molecule has 2 heteroatoms. The second kappa shape index (κ2) is 7.35. The van der Waals surface area contributed by atoms with Gasteiger partial charge in [-0.25, -0.2) is 4.39 Å². The van der Waals surface area contributed by atoms with Crippen LogP contribution in [0.4, 0.5) is 4.39 Å². The molecule has 0 aliphatic heterocycles. The van der Waals surface area contributed by atoms with E-state index in [2.05, 4.69) is 44.8 Å². The Bertz CT molecular complexity index is 628. The summed E-state index contributed by atoms with van der Waals surface area (Å²) >= 11 is 0. The second-order valence-corrected chi connectivity index (χ2v) is 6.27. The van der Waals surface area contributed by atoms with Crippen LogP contribution >= 0.6 is 0 Å². The molecule has 0 N–H and O–H groups in total. The minimum atomic E-state index is -0.216. The quantitative estimate of drug-likeness (QED) is 0.676. The molecule has 0 saturated carbocycles. The van der Waals surface area contributed by atoms with Gasteiger partial charge < -0.3 is 0 Å². The van der Waals surface area contributed by atoms with E-state index in [4.69, 9.17) is 0 Å². The number of aromatic nitrogens is 1. The molecule has 1 aromatic heterocycles. The number of nitrogens with zero attached hydrogens (tertiary/aromatic N) is 1. The van der Waals surface area contributed by atoms with E-state index in [1.165, 1.54) is 6.07 Å². The highest BCUT2D eigenvalue weighted by Crippen LogP contribution is 2.23. The van der Waals surface area contributed by atoms with Gasteiger partial charge >= 0.3 is 0 Å². The van der Waals surface area contributed by atoms with Crippen molar-refractivity contribution >= 4 is 6.08 Å². The van der Waals surface area contributed by atoms with Gasteiger partial charge in [0.2, 0.25) is 0 Å². The van der Waals surface area contributed by atoms with E-state index in [1.807, 2.05) is 18.2 Å². The molecule has 2 atom stereocenters. The van der Waals surface area contributed by atoms with Gasteiger partial charge in [0.1, 0.15) is 5.82 Å². The van der Waals surface area contributed by atoms with Gasteiger partial charge in [-0.3, -0.25) is 4.98 Å². The van der Waals surface area contributed by atoms with Crippen molar-refractivity contribution in [1.82, 2.24) is 4.98 Å². The van der Waals surface area contributed by atoms with Crippen molar-refractivity contribution in [2.75, 3.05) is 0 Å². The highest BCUT2D eigenvalue weighted by molar-refractivity contribution is 5.64. The van der Waals surface area contributed by atoms with Crippen LogP contribution in [0.15, 0.2) is 48.7 Å². The zero-order valence-corrected chi connectivity index (χ0v) is 13.8. The molecule has 2 aromatic rings. The summed E-state index contributed by atoms with van der Waals surface area (Å²) in [5.74, 6) is 1.59. The molecule has 1 nitrogen and oxygen atoms in total. The lowest BCUT2D eigenvalue weighted by molar-refractivity contribution is 0.343. The number of benzene rings is 1. The smallest absolute Gasteiger partial charge is 0.131 e. The molecule has 1 unspecified atom stereocenters. The zero-order valence-electron chi connectivity index (χ0n) is 13.8. The molecule has 2 rings (SSSR count). The van der Waals surface area contributed by atoms with Crippen LogP contribution in [0.5, 0.6) is 0 Å². The van der Waals surface area contributed by atoms with Crippen molar-refractivity contribution in [3.05, 3.63) is 60.2 Å². The fourth-order valence-corrected chi connectivity index (χ4v) is 2.39. The summed E-state index contributed by atoms with van der Waals surface area (Å²) in [6, 6.07) is 10.6. The molecule has 0 saturated heterocycles. The monoisotopic (exact) mass is 297 g/mol. The lowest BCUT2D eigenvalue weighted by atomic mass is 9.86. The van der Waals surface area contributed by atoms with Gasteiger partial charge in [-0.15, -0.1) is 0 Å². The predicted octanol–water partition coefficient (Wildman–Crippen LogP) is 5.83. The first-order valence-electron chi connectivity index (χ1n) is 7.88. The maximum absolute atomic E-state index is 13.8. The van der Waals surface area contributed by atoms with Crippen molar-refractivity contribution in [2.24, 2.45) is 17.8 Å². The molecule has 116 valence electrons. The van der Waals surface area contributed by atoms with Crippen LogP contribution in [-0.4, -0.2) is 4.98 Å². The summed E-state index contributed by atoms with van der Waals surface area (Å²) in [5, 5.41) is 0. The largest absolute Gasteiger partial charge is 0.256 e. The molecule has 0 aliphatic rings. The van der Waals surface area contributed by atoms with Gasteiger partial charge in [-0.1, -0.05) is 58.0 Å². The molecule has 22 heavy (non-hydrogen) atoms. The molecule has 1 aromatic carbocycles. The van der Waals surface area contributed by atoms with Crippen LogP contribution in [0.25, 0.3) is 17.2 Å². The minimum Gasteiger partial charge on any atom is -0.256 e. The van der Waals surface area contributed by atoms with Gasteiger partial charge in [-0.05, 0) is 36.0 Å². The van der Waals surface area contributed by atoms with Crippen molar-refractivity contribution in [3.63, 3.8) is 0 Å². The van der Waals surface area contributed by atoms with Crippen LogP contribution in [0.2, 0.25) is 0 Å². The maximum atomic E-state index is 13.8. The third-order valence-electron chi connectivity index (χ3n) is 4.42. The summed E-state index contributed by atoms with van der Waals surface area (Å²) in [6.45, 7) is 9.00. The second-order valence-electron chi connectivity index (χ2n) is 6.27. The SMILES string of the molecule is CC(C)C(C)[C@@H](C)/C=C/c1ccc(-c2ccccc2F)cn1. The Hall–Kier alpha value is -1.96. The average Bonchev–Trinajstić information content (AvgIpc) is 2.53. The number of pyridine rings is 1. The standard InChI is InChI=1S/C20H24FN/c1-14(2)16(4)15(3)9-11-18-12-10-17(13-22-18)19-7-5-6-8-20(19)21/h5-16H,1-4H3/b11-9+/t15-,16?/m0/s1. The highest BCUT2D eigenvalue weighted by atomic mass is 19.1. The van der Waals surface area contributed by atoms with Gasteiger partial charge in [0.05, 0.1) is 5.69 Å². The Balaban J connectivity index is 2.11. The van der Waals surface area contributed by atoms with E-state index < -0.39 is 0 Å². The molecular weight excluding hydrogens is 273 g/mol. The average molecular weight is 297 g/mol. The Morgan fingerprint density at radius 3 is 2.32 bits per heavy atom. The lowest BCUT2D eigenvalue weighted by Crippen LogP contribution is -2.11. The van der Waals surface area contributed by atoms with E-state index in [0.29, 0.717) is 23.3 Å². The van der Waals surface area contributed by atoms with Crippen LogP contribution in [0.3, 0.4) is 0 Å². The predicted molar refractivity (Wildman–Crippen MR) is 91.8 cm³/mol. The highest BCUT2D eigenvalue weighted by Gasteiger charge is 2.12. The molecule has 0 radical (unpaired) electrons. The number of allylic oxidation sites excluding steroid dienone is 1. The van der Waals surface area contributed by atoms with E-state index >= 15 is 0 Å². The van der Waals surface area contributed by atoms with Gasteiger partial charge in [0.15, 0.2) is 0 Å². The summed E-state index contributed by atoms with van der Waals surface area (Å²) in [4.78, 5) is 4.42. The molecular formula is C20H24FN. The fraction of sp³-hybridized carbons (Fsp3) is 0.350. The first kappa shape index (κ1) is 16.4. The Morgan fingerprint density at radius 1 is 1.00 bits per heavy atom. The summed E-state index contributed by atoms with van der Waals surface area (Å²) < 4.78 is 13.8. The van der Waals surface area contributed by atoms with E-state index in [0.717, 1.165) is 11.3 Å². The molecule has 0 bridgehead atoms. The molecule has 0 spiro atoms. The number of halogens is 1. The Labute approximate surface area is 132 Å². The molecule has 0 amide bonds. The van der Waals surface area contributed by atoms with Crippen molar-refractivity contribution in [2.45, 2.75) is 27.7 Å². The van der Waals surface area contributed by atoms with Crippen LogP contribution < -0.4 is 0 Å². The minimum absolute atomic E-state index is 0.216. The summed E-state index contributed by atoms with van der Waals surface area (Å²) in [5.41, 5.74) is 2.30. The number of rotatable bonds is 5. The molecule has 0 aliphatic carbocycles. The summed E-state index contributed by atoms with van der Waals surface area (Å²) in [7, 11) is 0. The molecule has 0 fully saturated rings. The van der Waals surface area contributed by atoms with E-state index in [1.54, 1.807) is 18.3 Å². The summed E-state index contributed by atoms with van der Waals surface area (Å²) in [6.07, 6.45) is 5.99. The van der Waals surface area contributed by atoms with E-state index in [-0.39, 0.29) is 5.82 Å². The third kappa shape index (κ3) is 4.03. The van der Waals surface area contributed by atoms with Crippen molar-refractivity contribution in [3.8, 4) is 11.1 Å². The van der Waals surface area contributed by atoms with Gasteiger partial charge in [0, 0.05) is 17.3 Å².